The Morgan fingerprint density at radius 1 is 0.708 bits per heavy atom. The lowest BCUT2D eigenvalue weighted by atomic mass is 10.0. The molecule has 24 heavy (non-hydrogen) atoms. The zero-order valence-corrected chi connectivity index (χ0v) is 13.4. The molecule has 0 saturated heterocycles. The number of amides is 2. The van der Waals surface area contributed by atoms with Crippen LogP contribution in [-0.4, -0.2) is 34.9 Å². The molecular weight excluding hydrogens is 304 g/mol. The second kappa shape index (κ2) is 7.68. The lowest BCUT2D eigenvalue weighted by Crippen LogP contribution is -2.28. The second-order valence-electron chi connectivity index (χ2n) is 5.73. The van der Waals surface area contributed by atoms with E-state index in [0.29, 0.717) is 35.6 Å². The fourth-order valence-electron chi connectivity index (χ4n) is 2.75. The zero-order chi connectivity index (χ0) is 16.8. The summed E-state index contributed by atoms with van der Waals surface area (Å²) in [5.41, 5.74) is 1.72. The molecule has 3 heterocycles. The van der Waals surface area contributed by atoms with Crippen LogP contribution in [0.2, 0.25) is 0 Å². The summed E-state index contributed by atoms with van der Waals surface area (Å²) in [6.45, 7) is 1.27. The van der Waals surface area contributed by atoms with E-state index in [0.717, 1.165) is 25.7 Å². The van der Waals surface area contributed by atoms with Gasteiger partial charge in [-0.1, -0.05) is 12.8 Å². The molecule has 1 aliphatic heterocycles. The van der Waals surface area contributed by atoms with Crippen LogP contribution in [0.4, 0.5) is 0 Å². The van der Waals surface area contributed by atoms with Crippen molar-refractivity contribution in [3.63, 3.8) is 0 Å². The molecule has 6 nitrogen and oxygen atoms in total. The van der Waals surface area contributed by atoms with E-state index >= 15 is 0 Å². The molecular formula is C18H20N4O2. The van der Waals surface area contributed by atoms with E-state index in [1.165, 1.54) is 0 Å². The molecule has 2 aromatic rings. The van der Waals surface area contributed by atoms with Crippen LogP contribution in [0, 0.1) is 0 Å². The lowest BCUT2D eigenvalue weighted by molar-refractivity contribution is 0.0941. The summed E-state index contributed by atoms with van der Waals surface area (Å²) in [5, 5.41) is 5.85. The molecule has 2 aromatic heterocycles. The van der Waals surface area contributed by atoms with Crippen LogP contribution >= 0.6 is 0 Å². The van der Waals surface area contributed by atoms with E-state index < -0.39 is 0 Å². The Labute approximate surface area is 140 Å². The predicted molar refractivity (Wildman–Crippen MR) is 90.6 cm³/mol. The van der Waals surface area contributed by atoms with Crippen molar-refractivity contribution in [2.45, 2.75) is 25.7 Å². The minimum Gasteiger partial charge on any atom is -0.352 e. The smallest absolute Gasteiger partial charge is 0.253 e. The number of hydrogen-bond acceptors (Lipinski definition) is 4. The monoisotopic (exact) mass is 324 g/mol. The van der Waals surface area contributed by atoms with Crippen molar-refractivity contribution in [3.05, 3.63) is 47.8 Å². The standard InChI is InChI=1S/C18H20N4O2/c23-17-13-7-5-11-19-15(13)16-14(8-6-12-20-16)18(24)22-10-4-2-1-3-9-21-17/h5-8,11-12H,1-4,9-10H2,(H,21,23)(H,22,24). The number of carbonyl (C=O) groups excluding carboxylic acids is 2. The fourth-order valence-corrected chi connectivity index (χ4v) is 2.75. The number of nitrogens with one attached hydrogen (secondary N) is 2. The summed E-state index contributed by atoms with van der Waals surface area (Å²) >= 11 is 0. The van der Waals surface area contributed by atoms with E-state index in [1.807, 2.05) is 0 Å². The quantitative estimate of drug-likeness (QED) is 0.778. The zero-order valence-electron chi connectivity index (χ0n) is 13.4. The van der Waals surface area contributed by atoms with Crippen molar-refractivity contribution in [3.8, 4) is 11.4 Å². The number of nitrogens with zero attached hydrogens (tertiary/aromatic N) is 2. The molecule has 0 saturated carbocycles. The van der Waals surface area contributed by atoms with Gasteiger partial charge in [-0.3, -0.25) is 19.6 Å². The number of fused-ring (bicyclic) bond motifs is 3. The first-order valence-corrected chi connectivity index (χ1v) is 8.24. The molecule has 3 rings (SSSR count). The summed E-state index contributed by atoms with van der Waals surface area (Å²) in [6, 6.07) is 6.84. The maximum atomic E-state index is 12.5. The van der Waals surface area contributed by atoms with Crippen molar-refractivity contribution in [1.29, 1.82) is 0 Å². The number of aromatic nitrogens is 2. The summed E-state index contributed by atoms with van der Waals surface area (Å²) in [7, 11) is 0. The molecule has 124 valence electrons. The molecule has 0 radical (unpaired) electrons. The normalized spacial score (nSPS) is 16.2. The molecule has 0 fully saturated rings. The fraction of sp³-hybridized carbons (Fsp3) is 0.333. The van der Waals surface area contributed by atoms with Gasteiger partial charge in [-0.05, 0) is 37.1 Å². The van der Waals surface area contributed by atoms with Gasteiger partial charge in [-0.25, -0.2) is 0 Å². The van der Waals surface area contributed by atoms with E-state index in [2.05, 4.69) is 20.6 Å². The third-order valence-corrected chi connectivity index (χ3v) is 4.00. The first-order valence-electron chi connectivity index (χ1n) is 8.24. The van der Waals surface area contributed by atoms with Crippen molar-refractivity contribution in [1.82, 2.24) is 20.6 Å². The van der Waals surface area contributed by atoms with Gasteiger partial charge in [0.25, 0.3) is 11.8 Å². The highest BCUT2D eigenvalue weighted by Crippen LogP contribution is 2.23. The minimum absolute atomic E-state index is 0.188. The maximum Gasteiger partial charge on any atom is 0.253 e. The highest BCUT2D eigenvalue weighted by molar-refractivity contribution is 6.04. The molecule has 0 aliphatic carbocycles. The van der Waals surface area contributed by atoms with Gasteiger partial charge in [0, 0.05) is 25.5 Å². The van der Waals surface area contributed by atoms with Crippen molar-refractivity contribution >= 4 is 11.8 Å². The van der Waals surface area contributed by atoms with Gasteiger partial charge < -0.3 is 10.6 Å². The van der Waals surface area contributed by atoms with Crippen molar-refractivity contribution in [2.75, 3.05) is 13.1 Å². The summed E-state index contributed by atoms with van der Waals surface area (Å²) in [5.74, 6) is -0.376. The number of rotatable bonds is 0. The van der Waals surface area contributed by atoms with E-state index in [9.17, 15) is 9.59 Å². The average Bonchev–Trinajstić information content (AvgIpc) is 2.63. The number of hydrogen-bond donors (Lipinski definition) is 2. The molecule has 0 bridgehead atoms. The predicted octanol–water partition coefficient (Wildman–Crippen LogP) is 2.18. The Bertz CT molecular complexity index is 682. The Balaban J connectivity index is 2.05. The van der Waals surface area contributed by atoms with Crippen molar-refractivity contribution in [2.24, 2.45) is 0 Å². The van der Waals surface area contributed by atoms with Gasteiger partial charge in [0.15, 0.2) is 0 Å². The average molecular weight is 324 g/mol. The van der Waals surface area contributed by atoms with Gasteiger partial charge in [0.2, 0.25) is 0 Å². The third kappa shape index (κ3) is 3.59. The largest absolute Gasteiger partial charge is 0.352 e. The van der Waals surface area contributed by atoms with Crippen LogP contribution in [-0.2, 0) is 0 Å². The molecule has 0 aromatic carbocycles. The second-order valence-corrected chi connectivity index (χ2v) is 5.73. The SMILES string of the molecule is O=C1NCCCCCCNC(=O)c2cccnc2-c2ncccc21. The lowest BCUT2D eigenvalue weighted by Gasteiger charge is -2.13. The molecule has 6 heteroatoms. The first-order chi connectivity index (χ1) is 11.8. The van der Waals surface area contributed by atoms with Crippen LogP contribution in [0.15, 0.2) is 36.7 Å². The Morgan fingerprint density at radius 3 is 1.62 bits per heavy atom. The maximum absolute atomic E-state index is 12.5. The number of carbonyl (C=O) groups is 2. The van der Waals surface area contributed by atoms with Gasteiger partial charge in [0.1, 0.15) is 11.4 Å². The van der Waals surface area contributed by atoms with Crippen LogP contribution < -0.4 is 10.6 Å². The van der Waals surface area contributed by atoms with Gasteiger partial charge >= 0.3 is 0 Å². The van der Waals surface area contributed by atoms with E-state index in [1.54, 1.807) is 36.7 Å². The highest BCUT2D eigenvalue weighted by atomic mass is 16.2. The van der Waals surface area contributed by atoms with Crippen molar-refractivity contribution < 1.29 is 9.59 Å². The number of pyridine rings is 2. The van der Waals surface area contributed by atoms with Crippen LogP contribution in [0.1, 0.15) is 46.4 Å². The van der Waals surface area contributed by atoms with Crippen LogP contribution in [0.25, 0.3) is 11.4 Å². The summed E-state index contributed by atoms with van der Waals surface area (Å²) in [4.78, 5) is 33.6. The third-order valence-electron chi connectivity index (χ3n) is 4.00. The Hall–Kier alpha value is -2.76. The van der Waals surface area contributed by atoms with Gasteiger partial charge in [-0.2, -0.15) is 0 Å². The molecule has 0 unspecified atom stereocenters. The Morgan fingerprint density at radius 2 is 1.17 bits per heavy atom. The van der Waals surface area contributed by atoms with Gasteiger partial charge in [-0.15, -0.1) is 0 Å². The molecule has 0 spiro atoms. The first kappa shape index (κ1) is 16.1. The molecule has 2 amide bonds. The Kier molecular flexibility index (Phi) is 5.15. The van der Waals surface area contributed by atoms with Gasteiger partial charge in [0.05, 0.1) is 11.1 Å². The topological polar surface area (TPSA) is 84.0 Å². The van der Waals surface area contributed by atoms with Crippen LogP contribution in [0.3, 0.4) is 0 Å². The van der Waals surface area contributed by atoms with E-state index in [-0.39, 0.29) is 11.8 Å². The molecule has 1 aliphatic rings. The minimum atomic E-state index is -0.188. The molecule has 2 N–H and O–H groups in total. The highest BCUT2D eigenvalue weighted by Gasteiger charge is 2.20. The molecule has 0 atom stereocenters. The van der Waals surface area contributed by atoms with E-state index in [4.69, 9.17) is 0 Å². The van der Waals surface area contributed by atoms with Crippen LogP contribution in [0.5, 0.6) is 0 Å². The summed E-state index contributed by atoms with van der Waals surface area (Å²) < 4.78 is 0. The summed E-state index contributed by atoms with van der Waals surface area (Å²) in [6.07, 6.45) is 7.09.